The first kappa shape index (κ1) is 23.8. The average Bonchev–Trinajstić information content (AvgIpc) is 2.80. The third kappa shape index (κ3) is 4.68. The molecule has 2 aromatic carbocycles. The Morgan fingerprint density at radius 1 is 1.21 bits per heavy atom. The molecular formula is C24H28Cl2N4O3. The highest BCUT2D eigenvalue weighted by atomic mass is 35.5. The van der Waals surface area contributed by atoms with Crippen LogP contribution in [-0.4, -0.2) is 47.6 Å². The van der Waals surface area contributed by atoms with Gasteiger partial charge in [0.15, 0.2) is 0 Å². The molecule has 2 heterocycles. The summed E-state index contributed by atoms with van der Waals surface area (Å²) in [7, 11) is 0. The lowest BCUT2D eigenvalue weighted by Crippen LogP contribution is -2.62. The van der Waals surface area contributed by atoms with Gasteiger partial charge in [-0.3, -0.25) is 9.69 Å². The van der Waals surface area contributed by atoms with E-state index in [1.807, 2.05) is 0 Å². The zero-order valence-electron chi connectivity index (χ0n) is 18.5. The fraction of sp³-hybridized carbons (Fsp3) is 0.417. The summed E-state index contributed by atoms with van der Waals surface area (Å²) in [5.74, 6) is -0.678. The number of anilines is 2. The summed E-state index contributed by atoms with van der Waals surface area (Å²) in [6.45, 7) is 4.54. The monoisotopic (exact) mass is 490 g/mol. The molecule has 176 valence electrons. The summed E-state index contributed by atoms with van der Waals surface area (Å²) >= 11 is 12.2. The summed E-state index contributed by atoms with van der Waals surface area (Å²) in [5.41, 5.74) is -1.36. The topological polar surface area (TPSA) is 84.9 Å². The van der Waals surface area contributed by atoms with Crippen LogP contribution >= 0.6 is 23.2 Å². The molecule has 1 fully saturated rings. The van der Waals surface area contributed by atoms with Crippen molar-refractivity contribution in [2.24, 2.45) is 0 Å². The first-order valence-electron chi connectivity index (χ1n) is 11.2. The maximum absolute atomic E-state index is 13.4. The van der Waals surface area contributed by atoms with Gasteiger partial charge in [0.05, 0.1) is 21.4 Å². The fourth-order valence-electron chi connectivity index (χ4n) is 4.58. The molecule has 0 aliphatic carbocycles. The van der Waals surface area contributed by atoms with Crippen molar-refractivity contribution >= 4 is 46.5 Å². The fourth-order valence-corrected chi connectivity index (χ4v) is 4.88. The predicted octanol–water partition coefficient (Wildman–Crippen LogP) is 4.57. The Morgan fingerprint density at radius 2 is 2.00 bits per heavy atom. The minimum Gasteiger partial charge on any atom is -0.359 e. The van der Waals surface area contributed by atoms with Crippen LogP contribution in [0.4, 0.5) is 16.2 Å². The SMILES string of the molecule is C[C@H]1CCCCN1CCCNC(=O)[C@@]1(O)c2ccccc2NC(=O)N1c1ccc(Cl)c(Cl)c1. The number of para-hydroxylation sites is 1. The van der Waals surface area contributed by atoms with Crippen LogP contribution < -0.4 is 15.5 Å². The van der Waals surface area contributed by atoms with E-state index in [0.717, 1.165) is 24.4 Å². The largest absolute Gasteiger partial charge is 0.359 e. The Morgan fingerprint density at radius 3 is 2.76 bits per heavy atom. The number of amides is 3. The van der Waals surface area contributed by atoms with E-state index in [4.69, 9.17) is 23.2 Å². The van der Waals surface area contributed by atoms with Crippen molar-refractivity contribution in [1.29, 1.82) is 0 Å². The number of carbonyl (C=O) groups excluding carboxylic acids is 2. The lowest BCUT2D eigenvalue weighted by Gasteiger charge is -2.42. The van der Waals surface area contributed by atoms with Gasteiger partial charge in [-0.05, 0) is 57.0 Å². The van der Waals surface area contributed by atoms with Gasteiger partial charge in [-0.15, -0.1) is 0 Å². The van der Waals surface area contributed by atoms with Gasteiger partial charge in [0.25, 0.3) is 11.6 Å². The van der Waals surface area contributed by atoms with Gasteiger partial charge in [-0.2, -0.15) is 0 Å². The van der Waals surface area contributed by atoms with Gasteiger partial charge < -0.3 is 20.6 Å². The minimum absolute atomic E-state index is 0.208. The Labute approximate surface area is 203 Å². The summed E-state index contributed by atoms with van der Waals surface area (Å²) in [5, 5.41) is 17.9. The van der Waals surface area contributed by atoms with Crippen molar-refractivity contribution in [1.82, 2.24) is 10.2 Å². The Balaban J connectivity index is 1.57. The van der Waals surface area contributed by atoms with Crippen LogP contribution in [0, 0.1) is 0 Å². The van der Waals surface area contributed by atoms with Gasteiger partial charge in [0.1, 0.15) is 0 Å². The van der Waals surface area contributed by atoms with Crippen molar-refractivity contribution in [3.63, 3.8) is 0 Å². The molecule has 7 nitrogen and oxygen atoms in total. The third-order valence-electron chi connectivity index (χ3n) is 6.40. The number of aliphatic hydroxyl groups is 1. The quantitative estimate of drug-likeness (QED) is 0.517. The van der Waals surface area contributed by atoms with Crippen molar-refractivity contribution < 1.29 is 14.7 Å². The average molecular weight is 491 g/mol. The molecule has 0 unspecified atom stereocenters. The zero-order chi connectivity index (χ0) is 23.6. The highest BCUT2D eigenvalue weighted by molar-refractivity contribution is 6.42. The minimum atomic E-state index is -2.26. The lowest BCUT2D eigenvalue weighted by atomic mass is 9.94. The van der Waals surface area contributed by atoms with Crippen LogP contribution in [0.15, 0.2) is 42.5 Å². The summed E-state index contributed by atoms with van der Waals surface area (Å²) in [4.78, 5) is 29.9. The molecule has 2 aromatic rings. The maximum Gasteiger partial charge on any atom is 0.329 e. The molecule has 3 N–H and O–H groups in total. The number of hydrogen-bond donors (Lipinski definition) is 3. The standard InChI is InChI=1S/C24H28Cl2N4O3/c1-16-7-4-5-13-29(16)14-6-12-27-22(31)24(33)18-8-2-3-9-21(18)28-23(32)30(24)17-10-11-19(25)20(26)15-17/h2-3,8-11,15-16,33H,4-7,12-14H2,1H3,(H,27,31)(H,28,32)/t16-,24-/m0/s1. The van der Waals surface area contributed by atoms with Gasteiger partial charge >= 0.3 is 6.03 Å². The number of likely N-dealkylation sites (tertiary alicyclic amines) is 1. The highest BCUT2D eigenvalue weighted by Crippen LogP contribution is 2.41. The summed E-state index contributed by atoms with van der Waals surface area (Å²) in [6.07, 6.45) is 4.39. The molecule has 2 aliphatic rings. The molecule has 2 atom stereocenters. The summed E-state index contributed by atoms with van der Waals surface area (Å²) < 4.78 is 0. The normalized spacial score (nSPS) is 23.1. The molecule has 0 saturated carbocycles. The van der Waals surface area contributed by atoms with Crippen LogP contribution in [-0.2, 0) is 10.5 Å². The van der Waals surface area contributed by atoms with Crippen LogP contribution in [0.5, 0.6) is 0 Å². The number of nitrogens with zero attached hydrogens (tertiary/aromatic N) is 2. The molecule has 0 radical (unpaired) electrons. The zero-order valence-corrected chi connectivity index (χ0v) is 20.0. The molecule has 9 heteroatoms. The van der Waals surface area contributed by atoms with E-state index >= 15 is 0 Å². The highest BCUT2D eigenvalue weighted by Gasteiger charge is 2.51. The molecule has 0 spiro atoms. The number of rotatable bonds is 6. The Kier molecular flexibility index (Phi) is 7.14. The Hall–Kier alpha value is -2.32. The number of benzene rings is 2. The smallest absolute Gasteiger partial charge is 0.329 e. The van der Waals surface area contributed by atoms with Crippen LogP contribution in [0.1, 0.15) is 38.2 Å². The molecule has 33 heavy (non-hydrogen) atoms. The summed E-state index contributed by atoms with van der Waals surface area (Å²) in [6, 6.07) is 11.1. The van der Waals surface area contributed by atoms with Crippen molar-refractivity contribution in [2.45, 2.75) is 44.4 Å². The Bertz CT molecular complexity index is 1050. The van der Waals surface area contributed by atoms with Crippen LogP contribution in [0.25, 0.3) is 0 Å². The first-order valence-corrected chi connectivity index (χ1v) is 12.0. The molecule has 0 aromatic heterocycles. The van der Waals surface area contributed by atoms with Gasteiger partial charge in [-0.25, -0.2) is 4.79 Å². The molecule has 0 bridgehead atoms. The molecule has 3 amide bonds. The van der Waals surface area contributed by atoms with Crippen molar-refractivity contribution in [2.75, 3.05) is 29.9 Å². The molecule has 4 rings (SSSR count). The van der Waals surface area contributed by atoms with Crippen molar-refractivity contribution in [3.05, 3.63) is 58.1 Å². The second-order valence-electron chi connectivity index (χ2n) is 8.57. The number of urea groups is 1. The number of piperidine rings is 1. The van der Waals surface area contributed by atoms with E-state index in [1.165, 1.54) is 37.5 Å². The van der Waals surface area contributed by atoms with Gasteiger partial charge in [-0.1, -0.05) is 47.8 Å². The number of halogens is 2. The van der Waals surface area contributed by atoms with E-state index < -0.39 is 17.7 Å². The second kappa shape index (κ2) is 9.89. The van der Waals surface area contributed by atoms with E-state index in [0.29, 0.717) is 23.3 Å². The van der Waals surface area contributed by atoms with E-state index in [2.05, 4.69) is 22.5 Å². The molecule has 1 saturated heterocycles. The number of nitrogens with one attached hydrogen (secondary N) is 2. The first-order chi connectivity index (χ1) is 15.8. The van der Waals surface area contributed by atoms with Crippen LogP contribution in [0.3, 0.4) is 0 Å². The van der Waals surface area contributed by atoms with Gasteiger partial charge in [0.2, 0.25) is 0 Å². The second-order valence-corrected chi connectivity index (χ2v) is 9.39. The number of fused-ring (bicyclic) bond motifs is 1. The molecule has 2 aliphatic heterocycles. The van der Waals surface area contributed by atoms with E-state index in [1.54, 1.807) is 24.3 Å². The van der Waals surface area contributed by atoms with Crippen LogP contribution in [0.2, 0.25) is 10.0 Å². The maximum atomic E-state index is 13.4. The number of carbonyl (C=O) groups is 2. The van der Waals surface area contributed by atoms with Gasteiger partial charge in [0, 0.05) is 24.7 Å². The predicted molar refractivity (Wildman–Crippen MR) is 131 cm³/mol. The van der Waals surface area contributed by atoms with E-state index in [-0.39, 0.29) is 16.3 Å². The third-order valence-corrected chi connectivity index (χ3v) is 7.14. The lowest BCUT2D eigenvalue weighted by molar-refractivity contribution is -0.140. The molecular weight excluding hydrogens is 463 g/mol. The van der Waals surface area contributed by atoms with Crippen molar-refractivity contribution in [3.8, 4) is 0 Å². The number of hydrogen-bond acceptors (Lipinski definition) is 4. The van der Waals surface area contributed by atoms with E-state index in [9.17, 15) is 14.7 Å².